The molecule has 1 spiro atoms. The van der Waals surface area contributed by atoms with E-state index < -0.39 is 0 Å². The van der Waals surface area contributed by atoms with Crippen molar-refractivity contribution in [3.05, 3.63) is 0 Å². The van der Waals surface area contributed by atoms with Crippen LogP contribution in [0.3, 0.4) is 0 Å². The van der Waals surface area contributed by atoms with E-state index >= 15 is 0 Å². The van der Waals surface area contributed by atoms with E-state index in [0.717, 1.165) is 65.0 Å². The second kappa shape index (κ2) is 9.97. The maximum atomic E-state index is 12.8. The third-order valence-corrected chi connectivity index (χ3v) is 6.44. The van der Waals surface area contributed by atoms with Crippen LogP contribution < -0.4 is 10.6 Å². The van der Waals surface area contributed by atoms with E-state index in [1.807, 2.05) is 4.90 Å². The molecule has 6 nitrogen and oxygen atoms in total. The number of halogens is 1. The van der Waals surface area contributed by atoms with Crippen molar-refractivity contribution in [2.45, 2.75) is 52.4 Å². The molecule has 7 heteroatoms. The van der Waals surface area contributed by atoms with Gasteiger partial charge < -0.3 is 20.4 Å². The summed E-state index contributed by atoms with van der Waals surface area (Å²) in [6.45, 7) is 10.5. The highest BCUT2D eigenvalue weighted by molar-refractivity contribution is 5.85. The maximum absolute atomic E-state index is 12.8. The van der Waals surface area contributed by atoms with E-state index in [1.165, 1.54) is 6.42 Å². The first-order valence-corrected chi connectivity index (χ1v) is 10.5. The van der Waals surface area contributed by atoms with E-state index in [1.54, 1.807) is 0 Å². The summed E-state index contributed by atoms with van der Waals surface area (Å²) in [4.78, 5) is 29.0. The molecule has 3 aliphatic heterocycles. The second-order valence-electron chi connectivity index (χ2n) is 9.05. The smallest absolute Gasteiger partial charge is 0.317 e. The summed E-state index contributed by atoms with van der Waals surface area (Å²) >= 11 is 0. The number of nitrogens with one attached hydrogen (secondary N) is 2. The number of carbonyl (C=O) groups is 2. The second-order valence-corrected chi connectivity index (χ2v) is 9.05. The van der Waals surface area contributed by atoms with Gasteiger partial charge in [-0.25, -0.2) is 4.79 Å². The molecular weight excluding hydrogens is 364 g/mol. The van der Waals surface area contributed by atoms with Crippen LogP contribution in [0.15, 0.2) is 0 Å². The van der Waals surface area contributed by atoms with Gasteiger partial charge in [-0.05, 0) is 55.9 Å². The summed E-state index contributed by atoms with van der Waals surface area (Å²) in [5.41, 5.74) is 0.451. The average molecular weight is 401 g/mol. The predicted octanol–water partition coefficient (Wildman–Crippen LogP) is 2.48. The summed E-state index contributed by atoms with van der Waals surface area (Å²) in [6, 6.07) is 0.0319. The van der Waals surface area contributed by atoms with Crippen molar-refractivity contribution in [3.8, 4) is 0 Å². The number of likely N-dealkylation sites (tertiary alicyclic amines) is 2. The third-order valence-electron chi connectivity index (χ3n) is 6.44. The van der Waals surface area contributed by atoms with Crippen molar-refractivity contribution in [2.24, 2.45) is 17.3 Å². The molecule has 0 bridgehead atoms. The average Bonchev–Trinajstić information content (AvgIpc) is 3.08. The molecule has 0 saturated carbocycles. The molecule has 0 aromatic rings. The SMILES string of the molecule is CC(C)CNC(=O)N1CCCC(CC(=O)N2CCC3(CCNC3)CC2)C1.Cl. The maximum Gasteiger partial charge on any atom is 0.317 e. The van der Waals surface area contributed by atoms with Crippen LogP contribution in [-0.4, -0.2) is 67.6 Å². The van der Waals surface area contributed by atoms with Crippen molar-refractivity contribution in [2.75, 3.05) is 45.8 Å². The number of rotatable bonds is 4. The molecule has 156 valence electrons. The number of carbonyl (C=O) groups excluding carboxylic acids is 2. The zero-order valence-corrected chi connectivity index (χ0v) is 17.8. The van der Waals surface area contributed by atoms with E-state index in [2.05, 4.69) is 29.4 Å². The zero-order valence-electron chi connectivity index (χ0n) is 17.0. The van der Waals surface area contributed by atoms with Crippen molar-refractivity contribution in [1.82, 2.24) is 20.4 Å². The monoisotopic (exact) mass is 400 g/mol. The first-order valence-electron chi connectivity index (χ1n) is 10.5. The Hall–Kier alpha value is -1.01. The summed E-state index contributed by atoms with van der Waals surface area (Å²) in [5, 5.41) is 6.48. The molecule has 0 aromatic carbocycles. The highest BCUT2D eigenvalue weighted by atomic mass is 35.5. The van der Waals surface area contributed by atoms with Gasteiger partial charge in [-0.1, -0.05) is 13.8 Å². The molecule has 0 aliphatic carbocycles. The fourth-order valence-electron chi connectivity index (χ4n) is 4.65. The van der Waals surface area contributed by atoms with Gasteiger partial charge in [0.05, 0.1) is 0 Å². The Balaban J connectivity index is 0.00000261. The standard InChI is InChI=1S/C20H36N4O2.ClH/c1-16(2)13-22-19(26)24-9-3-4-17(14-24)12-18(25)23-10-6-20(7-11-23)5-8-21-15-20;/h16-17,21H,3-15H2,1-2H3,(H,22,26);1H. The Kier molecular flexibility index (Phi) is 8.22. The Labute approximate surface area is 170 Å². The third kappa shape index (κ3) is 5.98. The fraction of sp³-hybridized carbons (Fsp3) is 0.900. The van der Waals surface area contributed by atoms with Crippen molar-refractivity contribution in [1.29, 1.82) is 0 Å². The fourth-order valence-corrected chi connectivity index (χ4v) is 4.65. The minimum Gasteiger partial charge on any atom is -0.343 e. The quantitative estimate of drug-likeness (QED) is 0.761. The number of nitrogens with zero attached hydrogens (tertiary/aromatic N) is 2. The van der Waals surface area contributed by atoms with Crippen LogP contribution in [0.2, 0.25) is 0 Å². The van der Waals surface area contributed by atoms with Gasteiger partial charge in [-0.3, -0.25) is 4.79 Å². The Morgan fingerprint density at radius 2 is 1.89 bits per heavy atom. The van der Waals surface area contributed by atoms with Crippen molar-refractivity contribution in [3.63, 3.8) is 0 Å². The summed E-state index contributed by atoms with van der Waals surface area (Å²) in [7, 11) is 0. The van der Waals surface area contributed by atoms with Gasteiger partial charge in [0.15, 0.2) is 0 Å². The molecule has 27 heavy (non-hydrogen) atoms. The van der Waals surface area contributed by atoms with Gasteiger partial charge in [0.1, 0.15) is 0 Å². The lowest BCUT2D eigenvalue weighted by molar-refractivity contribution is -0.134. The van der Waals surface area contributed by atoms with Crippen LogP contribution in [-0.2, 0) is 4.79 Å². The van der Waals surface area contributed by atoms with Gasteiger partial charge in [-0.2, -0.15) is 0 Å². The lowest BCUT2D eigenvalue weighted by Crippen LogP contribution is -2.48. The van der Waals surface area contributed by atoms with Gasteiger partial charge >= 0.3 is 6.03 Å². The largest absolute Gasteiger partial charge is 0.343 e. The zero-order chi connectivity index (χ0) is 18.6. The van der Waals surface area contributed by atoms with Crippen LogP contribution in [0.1, 0.15) is 52.4 Å². The molecule has 0 aromatic heterocycles. The first-order chi connectivity index (χ1) is 12.5. The van der Waals surface area contributed by atoms with Crippen molar-refractivity contribution < 1.29 is 9.59 Å². The number of hydrogen-bond acceptors (Lipinski definition) is 3. The van der Waals surface area contributed by atoms with Crippen LogP contribution in [0, 0.1) is 17.3 Å². The van der Waals surface area contributed by atoms with E-state index in [0.29, 0.717) is 36.1 Å². The van der Waals surface area contributed by atoms with Gasteiger partial charge in [0.2, 0.25) is 5.91 Å². The molecule has 3 saturated heterocycles. The minimum atomic E-state index is 0. The number of urea groups is 1. The Morgan fingerprint density at radius 3 is 2.52 bits per heavy atom. The molecule has 3 rings (SSSR count). The molecule has 1 unspecified atom stereocenters. The highest BCUT2D eigenvalue weighted by Crippen LogP contribution is 2.37. The summed E-state index contributed by atoms with van der Waals surface area (Å²) < 4.78 is 0. The Morgan fingerprint density at radius 1 is 1.15 bits per heavy atom. The molecular formula is C20H37ClN4O2. The lowest BCUT2D eigenvalue weighted by atomic mass is 9.77. The molecule has 3 amide bonds. The van der Waals surface area contributed by atoms with Crippen LogP contribution in [0.4, 0.5) is 4.79 Å². The molecule has 1 atom stereocenters. The normalized spacial score (nSPS) is 24.8. The topological polar surface area (TPSA) is 64.7 Å². The number of hydrogen-bond donors (Lipinski definition) is 2. The van der Waals surface area contributed by atoms with E-state index in [4.69, 9.17) is 0 Å². The molecule has 3 heterocycles. The van der Waals surface area contributed by atoms with Gasteiger partial charge in [-0.15, -0.1) is 12.4 Å². The van der Waals surface area contributed by atoms with Crippen molar-refractivity contribution >= 4 is 24.3 Å². The van der Waals surface area contributed by atoms with E-state index in [9.17, 15) is 9.59 Å². The molecule has 0 radical (unpaired) electrons. The summed E-state index contributed by atoms with van der Waals surface area (Å²) in [5.74, 6) is 1.06. The molecule has 2 N–H and O–H groups in total. The first kappa shape index (κ1) is 22.3. The summed E-state index contributed by atoms with van der Waals surface area (Å²) in [6.07, 6.45) is 6.20. The highest BCUT2D eigenvalue weighted by Gasteiger charge is 2.38. The lowest BCUT2D eigenvalue weighted by Gasteiger charge is -2.40. The molecule has 3 aliphatic rings. The predicted molar refractivity (Wildman–Crippen MR) is 110 cm³/mol. The number of piperidine rings is 2. The van der Waals surface area contributed by atoms with Gasteiger partial charge in [0, 0.05) is 45.7 Å². The van der Waals surface area contributed by atoms with Crippen LogP contribution in [0.5, 0.6) is 0 Å². The Bertz CT molecular complexity index is 498. The minimum absolute atomic E-state index is 0. The van der Waals surface area contributed by atoms with Gasteiger partial charge in [0.25, 0.3) is 0 Å². The van der Waals surface area contributed by atoms with Crippen LogP contribution in [0.25, 0.3) is 0 Å². The number of amides is 3. The molecule has 3 fully saturated rings. The van der Waals surface area contributed by atoms with Crippen LogP contribution >= 0.6 is 12.4 Å². The van der Waals surface area contributed by atoms with E-state index in [-0.39, 0.29) is 18.4 Å².